The molecule has 0 saturated carbocycles. The van der Waals surface area contributed by atoms with Crippen LogP contribution in [-0.2, 0) is 9.47 Å². The monoisotopic (exact) mass is 819 g/mol. The molecule has 2 aliphatic rings. The lowest BCUT2D eigenvalue weighted by Crippen LogP contribution is -2.67. The zero-order chi connectivity index (χ0) is 43.9. The first kappa shape index (κ1) is 52.6. The van der Waals surface area contributed by atoms with Crippen LogP contribution in [-0.4, -0.2) is 59.6 Å². The molecule has 0 aromatic carbocycles. The number of alkyl carbamates (subject to hydrolysis) is 2. The van der Waals surface area contributed by atoms with Crippen molar-refractivity contribution in [2.24, 2.45) is 47.3 Å². The van der Waals surface area contributed by atoms with Gasteiger partial charge in [0.1, 0.15) is 12.2 Å². The molecule has 0 radical (unpaired) electrons. The second kappa shape index (κ2) is 24.2. The van der Waals surface area contributed by atoms with E-state index in [4.69, 9.17) is 9.47 Å². The number of ether oxygens (including phenoxy) is 2. The molecule has 2 rings (SSSR count). The molecule has 8 heteroatoms. The normalized spacial score (nSPS) is 30.5. The third-order valence-corrected chi connectivity index (χ3v) is 13.7. The Balaban J connectivity index is 1.93. The Kier molecular flexibility index (Phi) is 21.9. The molecule has 0 aliphatic carbocycles. The van der Waals surface area contributed by atoms with Crippen LogP contribution in [0.1, 0.15) is 214 Å². The SMILES string of the molecule is CC(C)CCC1(C)CC(OC(=O)NCCCCCCNC(=O)OC2CC(C)(CCC(C)C)NC(C)(CCC(C)C)C2CC(C)C)C(CC(C)C)C(C)(CCC(C)C)N1. The molecule has 2 aliphatic heterocycles. The van der Waals surface area contributed by atoms with Crippen molar-refractivity contribution in [3.8, 4) is 0 Å². The molecule has 8 atom stereocenters. The van der Waals surface area contributed by atoms with E-state index in [9.17, 15) is 9.59 Å². The predicted molar refractivity (Wildman–Crippen MR) is 246 cm³/mol. The van der Waals surface area contributed by atoms with Crippen molar-refractivity contribution in [2.45, 2.75) is 248 Å². The summed E-state index contributed by atoms with van der Waals surface area (Å²) in [6.07, 6.45) is 15.7. The first-order chi connectivity index (χ1) is 26.9. The van der Waals surface area contributed by atoms with E-state index in [-0.39, 0.29) is 58.4 Å². The number of hydrogen-bond donors (Lipinski definition) is 4. The minimum absolute atomic E-state index is 0.0691. The fourth-order valence-electron chi connectivity index (χ4n) is 10.3. The maximum Gasteiger partial charge on any atom is 0.407 e. The van der Waals surface area contributed by atoms with Gasteiger partial charge in [0.15, 0.2) is 0 Å². The van der Waals surface area contributed by atoms with Crippen molar-refractivity contribution in [3.05, 3.63) is 0 Å². The van der Waals surface area contributed by atoms with Gasteiger partial charge in [0.05, 0.1) is 0 Å². The third kappa shape index (κ3) is 18.6. The van der Waals surface area contributed by atoms with E-state index in [1.54, 1.807) is 0 Å². The van der Waals surface area contributed by atoms with Gasteiger partial charge in [-0.3, -0.25) is 0 Å². The van der Waals surface area contributed by atoms with Crippen LogP contribution in [0.5, 0.6) is 0 Å². The number of amides is 2. The van der Waals surface area contributed by atoms with Crippen LogP contribution < -0.4 is 21.3 Å². The minimum Gasteiger partial charge on any atom is -0.446 e. The lowest BCUT2D eigenvalue weighted by molar-refractivity contribution is -0.0570. The van der Waals surface area contributed by atoms with Crippen molar-refractivity contribution in [3.63, 3.8) is 0 Å². The van der Waals surface area contributed by atoms with Crippen LogP contribution in [0.25, 0.3) is 0 Å². The van der Waals surface area contributed by atoms with Crippen molar-refractivity contribution in [2.75, 3.05) is 13.1 Å². The molecule has 342 valence electrons. The first-order valence-corrected chi connectivity index (χ1v) is 24.4. The summed E-state index contributed by atoms with van der Waals surface area (Å²) in [5, 5.41) is 14.5. The third-order valence-electron chi connectivity index (χ3n) is 13.7. The maximum absolute atomic E-state index is 13.3. The van der Waals surface area contributed by atoms with Crippen LogP contribution in [0.4, 0.5) is 9.59 Å². The van der Waals surface area contributed by atoms with E-state index in [2.05, 4.69) is 132 Å². The quantitative estimate of drug-likeness (QED) is 0.0685. The Hall–Kier alpha value is -1.54. The Morgan fingerprint density at radius 1 is 0.500 bits per heavy atom. The predicted octanol–water partition coefficient (Wildman–Crippen LogP) is 12.8. The molecule has 4 N–H and O–H groups in total. The number of carbonyl (C=O) groups excluding carboxylic acids is 2. The molecule has 0 spiro atoms. The highest BCUT2D eigenvalue weighted by atomic mass is 16.6. The maximum atomic E-state index is 13.3. The number of hydrogen-bond acceptors (Lipinski definition) is 6. The van der Waals surface area contributed by atoms with E-state index in [1.165, 1.54) is 0 Å². The summed E-state index contributed by atoms with van der Waals surface area (Å²) < 4.78 is 12.8. The van der Waals surface area contributed by atoms with E-state index in [1.807, 2.05) is 0 Å². The zero-order valence-electron chi connectivity index (χ0n) is 41.1. The Morgan fingerprint density at radius 3 is 1.10 bits per heavy atom. The molecule has 8 nitrogen and oxygen atoms in total. The molecule has 2 fully saturated rings. The molecule has 0 aromatic heterocycles. The van der Waals surface area contributed by atoms with E-state index < -0.39 is 0 Å². The molecule has 2 saturated heterocycles. The molecule has 58 heavy (non-hydrogen) atoms. The van der Waals surface area contributed by atoms with Gasteiger partial charge in [0.2, 0.25) is 0 Å². The van der Waals surface area contributed by atoms with Gasteiger partial charge in [0, 0.05) is 59.9 Å². The van der Waals surface area contributed by atoms with Crippen LogP contribution >= 0.6 is 0 Å². The highest BCUT2D eigenvalue weighted by Crippen LogP contribution is 2.45. The van der Waals surface area contributed by atoms with Gasteiger partial charge in [-0.25, -0.2) is 9.59 Å². The summed E-state index contributed by atoms with van der Waals surface area (Å²) in [7, 11) is 0. The van der Waals surface area contributed by atoms with E-state index >= 15 is 0 Å². The second-order valence-corrected chi connectivity index (χ2v) is 23.0. The number of carbonyl (C=O) groups is 2. The smallest absolute Gasteiger partial charge is 0.407 e. The zero-order valence-corrected chi connectivity index (χ0v) is 41.1. The topological polar surface area (TPSA) is 101 Å². The van der Waals surface area contributed by atoms with Crippen molar-refractivity contribution >= 4 is 12.2 Å². The highest BCUT2D eigenvalue weighted by molar-refractivity contribution is 5.67. The molecular formula is C50H98N4O4. The Bertz CT molecular complexity index is 1100. The molecule has 2 heterocycles. The standard InChI is InChI=1S/C50H98N4O4/c1-35(2)21-25-47(13)33-43(41(31-39(9)10)49(15,53-47)27-23-37(5)6)57-45(55)51-29-19-17-18-20-30-52-46(56)58-44-34-48(14,26-22-36(3)4)54-50(16,28-24-38(7)8)42(44)32-40(11)12/h35-44,53-54H,17-34H2,1-16H3,(H,51,55)(H,52,56). The number of unbranched alkanes of at least 4 members (excludes halogenated alkanes) is 3. The van der Waals surface area contributed by atoms with Gasteiger partial charge in [0.25, 0.3) is 0 Å². The molecule has 2 amide bonds. The minimum atomic E-state index is -0.281. The summed E-state index contributed by atoms with van der Waals surface area (Å²) in [6.45, 7) is 38.2. The average Bonchev–Trinajstić information content (AvgIpc) is 3.09. The molecule has 0 aromatic rings. The van der Waals surface area contributed by atoms with Crippen molar-refractivity contribution < 1.29 is 19.1 Å². The van der Waals surface area contributed by atoms with E-state index in [0.717, 1.165) is 103 Å². The molecule has 8 unspecified atom stereocenters. The number of rotatable bonds is 25. The first-order valence-electron chi connectivity index (χ1n) is 24.4. The van der Waals surface area contributed by atoms with Gasteiger partial charge in [-0.1, -0.05) is 95.9 Å². The second-order valence-electron chi connectivity index (χ2n) is 23.0. The molecular weight excluding hydrogens is 721 g/mol. The fraction of sp³-hybridized carbons (Fsp3) is 0.960. The fourth-order valence-corrected chi connectivity index (χ4v) is 10.3. The number of nitrogens with one attached hydrogen (secondary N) is 4. The van der Waals surface area contributed by atoms with E-state index in [0.29, 0.717) is 48.6 Å². The summed E-state index contributed by atoms with van der Waals surface area (Å²) >= 11 is 0. The van der Waals surface area contributed by atoms with Crippen LogP contribution in [0.2, 0.25) is 0 Å². The van der Waals surface area contributed by atoms with Gasteiger partial charge < -0.3 is 30.7 Å². The van der Waals surface area contributed by atoms with Crippen LogP contribution in [0, 0.1) is 47.3 Å². The average molecular weight is 819 g/mol. The summed E-state index contributed by atoms with van der Waals surface area (Å²) in [6, 6.07) is 0. The van der Waals surface area contributed by atoms with Crippen molar-refractivity contribution in [1.29, 1.82) is 0 Å². The summed E-state index contributed by atoms with van der Waals surface area (Å²) in [5.41, 5.74) is -0.314. The highest BCUT2D eigenvalue weighted by Gasteiger charge is 2.52. The Labute approximate surface area is 359 Å². The van der Waals surface area contributed by atoms with Gasteiger partial charge in [-0.2, -0.15) is 0 Å². The lowest BCUT2D eigenvalue weighted by Gasteiger charge is -2.55. The Morgan fingerprint density at radius 2 is 0.810 bits per heavy atom. The van der Waals surface area contributed by atoms with Gasteiger partial charge >= 0.3 is 12.2 Å². The van der Waals surface area contributed by atoms with Crippen LogP contribution in [0.3, 0.4) is 0 Å². The number of piperidine rings is 2. The molecule has 0 bridgehead atoms. The lowest BCUT2D eigenvalue weighted by atomic mass is 9.65. The van der Waals surface area contributed by atoms with Crippen molar-refractivity contribution in [1.82, 2.24) is 21.3 Å². The summed E-state index contributed by atoms with van der Waals surface area (Å²) in [5.74, 6) is 4.10. The van der Waals surface area contributed by atoms with Crippen LogP contribution in [0.15, 0.2) is 0 Å². The van der Waals surface area contributed by atoms with Gasteiger partial charge in [-0.05, 0) is 140 Å². The largest absolute Gasteiger partial charge is 0.446 e. The summed E-state index contributed by atoms with van der Waals surface area (Å²) in [4.78, 5) is 26.7. The van der Waals surface area contributed by atoms with Gasteiger partial charge in [-0.15, -0.1) is 0 Å².